The van der Waals surface area contributed by atoms with E-state index in [1.54, 1.807) is 11.1 Å². The van der Waals surface area contributed by atoms with Gasteiger partial charge in [-0.25, -0.2) is 0 Å². The van der Waals surface area contributed by atoms with Crippen LogP contribution >= 0.6 is 0 Å². The molecule has 0 unspecified atom stereocenters. The van der Waals surface area contributed by atoms with E-state index in [4.69, 9.17) is 4.98 Å². The molecule has 220 valence electrons. The second kappa shape index (κ2) is 9.17. The molecule has 46 heavy (non-hydrogen) atoms. The first-order valence-electron chi connectivity index (χ1n) is 17.3. The molecule has 0 saturated heterocycles. The summed E-state index contributed by atoms with van der Waals surface area (Å²) in [4.78, 5) is 4.73. The third-order valence-electron chi connectivity index (χ3n) is 12.7. The maximum Gasteiger partial charge on any atom is 0.0353 e. The van der Waals surface area contributed by atoms with E-state index in [0.29, 0.717) is 0 Å². The van der Waals surface area contributed by atoms with Crippen molar-refractivity contribution in [2.45, 2.75) is 37.5 Å². The number of benzene rings is 6. The zero-order valence-corrected chi connectivity index (χ0v) is 25.9. The lowest BCUT2D eigenvalue weighted by Crippen LogP contribution is -2.55. The lowest BCUT2D eigenvalue weighted by molar-refractivity contribution is -0.0399. The Morgan fingerprint density at radius 1 is 0.457 bits per heavy atom. The number of hydrogen-bond donors (Lipinski definition) is 0. The molecule has 1 nitrogen and oxygen atoms in total. The quantitative estimate of drug-likeness (QED) is 0.183. The summed E-state index contributed by atoms with van der Waals surface area (Å²) < 4.78 is 0. The molecule has 0 N–H and O–H groups in total. The van der Waals surface area contributed by atoms with Gasteiger partial charge in [0.25, 0.3) is 0 Å². The highest BCUT2D eigenvalue weighted by molar-refractivity contribution is 6.23. The zero-order chi connectivity index (χ0) is 30.0. The van der Waals surface area contributed by atoms with Gasteiger partial charge in [0.2, 0.25) is 0 Å². The Hall–Kier alpha value is -4.75. The van der Waals surface area contributed by atoms with E-state index >= 15 is 0 Å². The van der Waals surface area contributed by atoms with Gasteiger partial charge < -0.3 is 0 Å². The Morgan fingerprint density at radius 2 is 1.02 bits per heavy atom. The summed E-state index contributed by atoms with van der Waals surface area (Å²) in [5, 5.41) is 7.65. The highest BCUT2D eigenvalue weighted by Crippen LogP contribution is 2.69. The van der Waals surface area contributed by atoms with Crippen LogP contribution in [0.25, 0.3) is 65.7 Å². The molecule has 0 amide bonds. The second-order valence-corrected chi connectivity index (χ2v) is 14.7. The first-order valence-corrected chi connectivity index (χ1v) is 17.3. The molecule has 1 aromatic heterocycles. The molecular weight excluding hydrogens is 555 g/mol. The van der Waals surface area contributed by atoms with Gasteiger partial charge in [0, 0.05) is 28.8 Å². The van der Waals surface area contributed by atoms with Crippen molar-refractivity contribution in [3.05, 3.63) is 139 Å². The van der Waals surface area contributed by atoms with Crippen LogP contribution in [0.4, 0.5) is 0 Å². The van der Waals surface area contributed by atoms with Gasteiger partial charge in [-0.15, -0.1) is 0 Å². The summed E-state index contributed by atoms with van der Waals surface area (Å²) in [6.07, 6.45) is 11.2. The highest BCUT2D eigenvalue weighted by atomic mass is 14.6. The number of hydrogen-bond acceptors (Lipinski definition) is 1. The number of rotatable bonds is 2. The Morgan fingerprint density at radius 3 is 1.72 bits per heavy atom. The smallest absolute Gasteiger partial charge is 0.0353 e. The zero-order valence-electron chi connectivity index (χ0n) is 25.9. The van der Waals surface area contributed by atoms with Crippen LogP contribution in [0.15, 0.2) is 128 Å². The van der Waals surface area contributed by atoms with E-state index in [1.807, 2.05) is 6.20 Å². The summed E-state index contributed by atoms with van der Waals surface area (Å²) in [6.45, 7) is 0. The summed E-state index contributed by atoms with van der Waals surface area (Å²) in [5.74, 6) is 3.40. The van der Waals surface area contributed by atoms with Crippen molar-refractivity contribution in [3.8, 4) is 33.4 Å². The van der Waals surface area contributed by atoms with Gasteiger partial charge in [-0.05, 0) is 128 Å². The van der Waals surface area contributed by atoms with Crippen molar-refractivity contribution in [1.29, 1.82) is 0 Å². The van der Waals surface area contributed by atoms with Crippen molar-refractivity contribution < 1.29 is 0 Å². The molecule has 0 aliphatic heterocycles. The molecule has 1 heterocycles. The van der Waals surface area contributed by atoms with Gasteiger partial charge in [-0.2, -0.15) is 0 Å². The molecule has 5 aliphatic carbocycles. The van der Waals surface area contributed by atoms with Gasteiger partial charge in [0.15, 0.2) is 0 Å². The minimum atomic E-state index is 0.162. The fourth-order valence-corrected chi connectivity index (χ4v) is 11.4. The van der Waals surface area contributed by atoms with E-state index in [0.717, 1.165) is 23.7 Å². The molecule has 4 saturated carbocycles. The Bertz CT molecular complexity index is 2310. The van der Waals surface area contributed by atoms with Gasteiger partial charge >= 0.3 is 0 Å². The maximum absolute atomic E-state index is 4.73. The SMILES string of the molecule is c1ccc2c(c1)-c1ccc(-c3c4ccccc4c(-c4cncc5ccccc45)c4ccccc34)cc1C21C2CC3CC(C2)CC1C3. The number of nitrogens with zero attached hydrogens (tertiary/aromatic N) is 1. The van der Waals surface area contributed by atoms with Crippen LogP contribution in [0.1, 0.15) is 43.2 Å². The van der Waals surface area contributed by atoms with E-state index in [2.05, 4.69) is 121 Å². The monoisotopic (exact) mass is 589 g/mol. The van der Waals surface area contributed by atoms with Crippen LogP contribution in [-0.2, 0) is 5.41 Å². The Labute approximate surface area is 269 Å². The standard InChI is InChI=1S/C45H35N/c1-2-10-33-30(9-1)25-46-26-40(33)44-38-14-5-3-12-36(38)43(37-13-4-6-15-39(37)44)29-17-18-35-34-11-7-8-16-41(34)45(42(35)24-29)31-20-27-19-28(22-31)23-32(45)21-27/h1-18,24-28,31-32H,19-23H2. The second-order valence-electron chi connectivity index (χ2n) is 14.7. The average Bonchev–Trinajstić information content (AvgIpc) is 3.39. The molecule has 6 aromatic carbocycles. The predicted octanol–water partition coefficient (Wildman–Crippen LogP) is 11.6. The molecule has 7 aromatic rings. The van der Waals surface area contributed by atoms with E-state index in [1.165, 1.54) is 97.8 Å². The summed E-state index contributed by atoms with van der Waals surface area (Å²) in [6, 6.07) is 43.9. The third-order valence-corrected chi connectivity index (χ3v) is 12.7. The molecule has 0 radical (unpaired) electrons. The fraction of sp³-hybridized carbons (Fsp3) is 0.222. The van der Waals surface area contributed by atoms with Gasteiger partial charge in [0.1, 0.15) is 0 Å². The maximum atomic E-state index is 4.73. The Balaban J connectivity index is 1.21. The lowest BCUT2D eigenvalue weighted by Gasteiger charge is -2.61. The van der Waals surface area contributed by atoms with E-state index in [9.17, 15) is 0 Å². The fourth-order valence-electron chi connectivity index (χ4n) is 11.4. The first-order chi connectivity index (χ1) is 22.8. The van der Waals surface area contributed by atoms with Crippen molar-refractivity contribution in [2.75, 3.05) is 0 Å². The molecule has 4 bridgehead atoms. The van der Waals surface area contributed by atoms with Crippen LogP contribution in [0.5, 0.6) is 0 Å². The molecule has 5 aliphatic rings. The van der Waals surface area contributed by atoms with Gasteiger partial charge in [-0.3, -0.25) is 4.98 Å². The minimum Gasteiger partial charge on any atom is -0.263 e. The normalized spacial score (nSPS) is 25.5. The lowest BCUT2D eigenvalue weighted by atomic mass is 9.43. The van der Waals surface area contributed by atoms with Gasteiger partial charge in [-0.1, -0.05) is 109 Å². The van der Waals surface area contributed by atoms with Crippen molar-refractivity contribution in [2.24, 2.45) is 23.7 Å². The summed E-state index contributed by atoms with van der Waals surface area (Å²) in [7, 11) is 0. The molecule has 1 heteroatoms. The van der Waals surface area contributed by atoms with Crippen molar-refractivity contribution in [3.63, 3.8) is 0 Å². The third kappa shape index (κ3) is 3.19. The molecular formula is C45H35N. The van der Waals surface area contributed by atoms with Crippen LogP contribution in [0.2, 0.25) is 0 Å². The van der Waals surface area contributed by atoms with Crippen LogP contribution in [0.3, 0.4) is 0 Å². The molecule has 4 fully saturated rings. The van der Waals surface area contributed by atoms with Crippen molar-refractivity contribution >= 4 is 32.3 Å². The largest absolute Gasteiger partial charge is 0.263 e. The van der Waals surface area contributed by atoms with Crippen LogP contribution in [-0.4, -0.2) is 4.98 Å². The van der Waals surface area contributed by atoms with Crippen molar-refractivity contribution in [1.82, 2.24) is 4.98 Å². The Kier molecular flexibility index (Phi) is 5.07. The topological polar surface area (TPSA) is 12.9 Å². The summed E-state index contributed by atoms with van der Waals surface area (Å²) in [5.41, 5.74) is 11.6. The highest BCUT2D eigenvalue weighted by Gasteiger charge is 2.61. The first kappa shape index (κ1) is 25.4. The van der Waals surface area contributed by atoms with E-state index < -0.39 is 0 Å². The van der Waals surface area contributed by atoms with E-state index in [-0.39, 0.29) is 5.41 Å². The molecule has 1 spiro atoms. The minimum absolute atomic E-state index is 0.162. The molecule has 0 atom stereocenters. The number of fused-ring (bicyclic) bond motifs is 6. The number of pyridine rings is 1. The van der Waals surface area contributed by atoms with Gasteiger partial charge in [0.05, 0.1) is 0 Å². The molecule has 12 rings (SSSR count). The van der Waals surface area contributed by atoms with Crippen LogP contribution < -0.4 is 0 Å². The number of aromatic nitrogens is 1. The predicted molar refractivity (Wildman–Crippen MR) is 191 cm³/mol. The average molecular weight is 590 g/mol. The summed E-state index contributed by atoms with van der Waals surface area (Å²) >= 11 is 0. The van der Waals surface area contributed by atoms with Crippen LogP contribution in [0, 0.1) is 23.7 Å².